The number of carbonyl (C=O) groups is 1. The Labute approximate surface area is 168 Å². The number of para-hydroxylation sites is 1. The number of likely N-dealkylation sites (N-methyl/N-ethyl adjacent to an activating group) is 1. The molecule has 0 spiro atoms. The van der Waals surface area contributed by atoms with Crippen molar-refractivity contribution < 1.29 is 4.79 Å². The number of nitrogens with zero attached hydrogens (tertiary/aromatic N) is 2. The fraction of sp³-hybridized carbons (Fsp3) is 0.318. The minimum absolute atomic E-state index is 0.173. The zero-order chi connectivity index (χ0) is 18.8. The minimum Gasteiger partial charge on any atom is -0.311 e. The van der Waals surface area contributed by atoms with Gasteiger partial charge in [-0.3, -0.25) is 9.69 Å². The van der Waals surface area contributed by atoms with Gasteiger partial charge in [0.2, 0.25) is 5.91 Å². The fourth-order valence-electron chi connectivity index (χ4n) is 3.93. The Hall–Kier alpha value is -1.95. The number of aryl methyl sites for hydroxylation is 1. The third kappa shape index (κ3) is 3.59. The molecule has 1 amide bonds. The number of carbonyl (C=O) groups excluding carboxylic acids is 1. The van der Waals surface area contributed by atoms with E-state index < -0.39 is 0 Å². The highest BCUT2D eigenvalue weighted by Gasteiger charge is 2.32. The molecule has 140 valence electrons. The molecule has 3 nitrogen and oxygen atoms in total. The smallest absolute Gasteiger partial charge is 0.241 e. The number of amides is 1. The van der Waals surface area contributed by atoms with Crippen LogP contribution < -0.4 is 4.90 Å². The van der Waals surface area contributed by atoms with Crippen LogP contribution in [0, 0.1) is 6.92 Å². The van der Waals surface area contributed by atoms with Crippen molar-refractivity contribution in [3.8, 4) is 0 Å². The van der Waals surface area contributed by atoms with Crippen LogP contribution >= 0.6 is 22.7 Å². The average Bonchev–Trinajstić information content (AvgIpc) is 3.35. The van der Waals surface area contributed by atoms with Crippen molar-refractivity contribution in [3.63, 3.8) is 0 Å². The quantitative estimate of drug-likeness (QED) is 0.598. The number of anilines is 1. The van der Waals surface area contributed by atoms with Gasteiger partial charge >= 0.3 is 0 Å². The molecule has 1 atom stereocenters. The lowest BCUT2D eigenvalue weighted by Crippen LogP contribution is -2.44. The van der Waals surface area contributed by atoms with Gasteiger partial charge in [0.25, 0.3) is 0 Å². The molecule has 3 heterocycles. The Morgan fingerprint density at radius 2 is 2.00 bits per heavy atom. The maximum absolute atomic E-state index is 13.3. The summed E-state index contributed by atoms with van der Waals surface area (Å²) < 4.78 is 0. The van der Waals surface area contributed by atoms with Crippen molar-refractivity contribution in [2.45, 2.75) is 26.3 Å². The molecule has 0 fully saturated rings. The highest BCUT2D eigenvalue weighted by Crippen LogP contribution is 2.39. The van der Waals surface area contributed by atoms with Crippen molar-refractivity contribution in [1.29, 1.82) is 0 Å². The summed E-state index contributed by atoms with van der Waals surface area (Å²) in [5.74, 6) is 0.173. The third-order valence-corrected chi connectivity index (χ3v) is 7.16. The summed E-state index contributed by atoms with van der Waals surface area (Å²) in [7, 11) is 0. The van der Waals surface area contributed by atoms with E-state index in [9.17, 15) is 4.79 Å². The van der Waals surface area contributed by atoms with Crippen molar-refractivity contribution in [3.05, 3.63) is 74.1 Å². The van der Waals surface area contributed by atoms with E-state index in [-0.39, 0.29) is 11.9 Å². The van der Waals surface area contributed by atoms with E-state index in [4.69, 9.17) is 0 Å². The molecule has 0 radical (unpaired) electrons. The first-order chi connectivity index (χ1) is 13.2. The SMILES string of the molecule is CCN(C(=O)CN1CCc2sccc2C1c1cccs1)c1ccccc1C. The van der Waals surface area contributed by atoms with Gasteiger partial charge in [-0.05, 0) is 60.4 Å². The van der Waals surface area contributed by atoms with E-state index >= 15 is 0 Å². The first kappa shape index (κ1) is 18.4. The first-order valence-corrected chi connectivity index (χ1v) is 11.1. The number of rotatable bonds is 5. The van der Waals surface area contributed by atoms with Crippen LogP contribution in [0.25, 0.3) is 0 Å². The van der Waals surface area contributed by atoms with E-state index in [2.05, 4.69) is 46.8 Å². The molecule has 3 aromatic rings. The van der Waals surface area contributed by atoms with Gasteiger partial charge in [0, 0.05) is 28.5 Å². The molecule has 0 bridgehead atoms. The summed E-state index contributed by atoms with van der Waals surface area (Å²) in [6.45, 7) is 6.17. The standard InChI is InChI=1S/C22H24N2OS2/c1-3-24(18-8-5-4-7-16(18)2)21(25)15-23-12-10-19-17(11-14-27-19)22(23)20-9-6-13-26-20/h4-9,11,13-14,22H,3,10,12,15H2,1-2H3. The Kier molecular flexibility index (Phi) is 5.43. The summed E-state index contributed by atoms with van der Waals surface area (Å²) in [6, 6.07) is 14.9. The summed E-state index contributed by atoms with van der Waals surface area (Å²) in [5.41, 5.74) is 3.53. The molecule has 27 heavy (non-hydrogen) atoms. The second kappa shape index (κ2) is 7.97. The largest absolute Gasteiger partial charge is 0.311 e. The van der Waals surface area contributed by atoms with Gasteiger partial charge in [-0.25, -0.2) is 0 Å². The van der Waals surface area contributed by atoms with Crippen molar-refractivity contribution >= 4 is 34.3 Å². The van der Waals surface area contributed by atoms with E-state index in [1.807, 2.05) is 41.4 Å². The van der Waals surface area contributed by atoms with Gasteiger partial charge in [-0.15, -0.1) is 22.7 Å². The van der Waals surface area contributed by atoms with Gasteiger partial charge in [-0.1, -0.05) is 24.3 Å². The van der Waals surface area contributed by atoms with Crippen molar-refractivity contribution in [1.82, 2.24) is 4.90 Å². The topological polar surface area (TPSA) is 23.6 Å². The normalized spacial score (nSPS) is 16.9. The molecule has 1 unspecified atom stereocenters. The average molecular weight is 397 g/mol. The van der Waals surface area contributed by atoms with Crippen LogP contribution in [0.2, 0.25) is 0 Å². The molecular formula is C22H24N2OS2. The predicted molar refractivity (Wildman–Crippen MR) is 115 cm³/mol. The van der Waals surface area contributed by atoms with Crippen LogP contribution in [0.3, 0.4) is 0 Å². The highest BCUT2D eigenvalue weighted by molar-refractivity contribution is 7.10. The van der Waals surface area contributed by atoms with Gasteiger partial charge < -0.3 is 4.90 Å². The Morgan fingerprint density at radius 1 is 1.15 bits per heavy atom. The van der Waals surface area contributed by atoms with Crippen LogP contribution in [0.5, 0.6) is 0 Å². The lowest BCUT2D eigenvalue weighted by molar-refractivity contribution is -0.120. The molecule has 1 aliphatic heterocycles. The monoisotopic (exact) mass is 396 g/mol. The van der Waals surface area contributed by atoms with Gasteiger partial charge in [0.05, 0.1) is 12.6 Å². The van der Waals surface area contributed by atoms with Gasteiger partial charge in [0.1, 0.15) is 0 Å². The molecule has 0 saturated carbocycles. The Bertz CT molecular complexity index is 916. The van der Waals surface area contributed by atoms with Gasteiger partial charge in [-0.2, -0.15) is 0 Å². The molecule has 0 aliphatic carbocycles. The Balaban J connectivity index is 1.61. The predicted octanol–water partition coefficient (Wildman–Crippen LogP) is 5.12. The van der Waals surface area contributed by atoms with Crippen LogP contribution in [0.15, 0.2) is 53.2 Å². The molecule has 5 heteroatoms. The molecule has 2 aromatic heterocycles. The molecule has 0 N–H and O–H groups in total. The second-order valence-corrected chi connectivity index (χ2v) is 8.84. The lowest BCUT2D eigenvalue weighted by atomic mass is 9.98. The van der Waals surface area contributed by atoms with Crippen LogP contribution in [0.4, 0.5) is 5.69 Å². The molecule has 1 aromatic carbocycles. The third-order valence-electron chi connectivity index (χ3n) is 5.24. The van der Waals surface area contributed by atoms with Crippen LogP contribution in [-0.2, 0) is 11.2 Å². The van der Waals surface area contributed by atoms with Crippen LogP contribution in [0.1, 0.15) is 33.8 Å². The molecule has 0 saturated heterocycles. The Morgan fingerprint density at radius 3 is 2.74 bits per heavy atom. The first-order valence-electron chi connectivity index (χ1n) is 9.38. The number of fused-ring (bicyclic) bond motifs is 1. The summed E-state index contributed by atoms with van der Waals surface area (Å²) in [6.07, 6.45) is 1.03. The number of thiophene rings is 2. The molecular weight excluding hydrogens is 372 g/mol. The summed E-state index contributed by atoms with van der Waals surface area (Å²) in [4.78, 5) is 20.3. The fourth-order valence-corrected chi connectivity index (χ4v) is 5.71. The molecule has 1 aliphatic rings. The van der Waals surface area contributed by atoms with E-state index in [0.29, 0.717) is 13.1 Å². The van der Waals surface area contributed by atoms with Gasteiger partial charge in [0.15, 0.2) is 0 Å². The van der Waals surface area contributed by atoms with Crippen molar-refractivity contribution in [2.75, 3.05) is 24.5 Å². The number of hydrogen-bond donors (Lipinski definition) is 0. The summed E-state index contributed by atoms with van der Waals surface area (Å²) >= 11 is 3.62. The zero-order valence-electron chi connectivity index (χ0n) is 15.7. The lowest BCUT2D eigenvalue weighted by Gasteiger charge is -2.36. The highest BCUT2D eigenvalue weighted by atomic mass is 32.1. The molecule has 4 rings (SSSR count). The minimum atomic E-state index is 0.173. The maximum atomic E-state index is 13.3. The van der Waals surface area contributed by atoms with Crippen LogP contribution in [-0.4, -0.2) is 30.4 Å². The second-order valence-electron chi connectivity index (χ2n) is 6.86. The van der Waals surface area contributed by atoms with E-state index in [0.717, 1.165) is 24.2 Å². The van der Waals surface area contributed by atoms with E-state index in [1.54, 1.807) is 11.3 Å². The maximum Gasteiger partial charge on any atom is 0.241 e. The summed E-state index contributed by atoms with van der Waals surface area (Å²) in [5, 5.41) is 4.31. The number of hydrogen-bond acceptors (Lipinski definition) is 4. The van der Waals surface area contributed by atoms with E-state index in [1.165, 1.54) is 15.3 Å². The zero-order valence-corrected chi connectivity index (χ0v) is 17.4. The number of benzene rings is 1. The van der Waals surface area contributed by atoms with Crippen molar-refractivity contribution in [2.24, 2.45) is 0 Å².